The first-order chi connectivity index (χ1) is 23.7. The lowest BCUT2D eigenvalue weighted by atomic mass is 9.97. The third-order valence-electron chi connectivity index (χ3n) is 9.11. The zero-order chi connectivity index (χ0) is 32.2. The quantitative estimate of drug-likeness (QED) is 0.197. The van der Waals surface area contributed by atoms with Crippen molar-refractivity contribution in [2.24, 2.45) is 9.98 Å². The van der Waals surface area contributed by atoms with Crippen LogP contribution in [0, 0.1) is 0 Å². The van der Waals surface area contributed by atoms with Gasteiger partial charge in [0.15, 0.2) is 11.7 Å². The fourth-order valence-corrected chi connectivity index (χ4v) is 8.07. The first kappa shape index (κ1) is 28.3. The molecular weight excluding hydrogens is 609 g/mol. The Labute approximate surface area is 281 Å². The zero-order valence-corrected chi connectivity index (χ0v) is 27.0. The van der Waals surface area contributed by atoms with Crippen molar-refractivity contribution >= 4 is 76.4 Å². The molecule has 3 heterocycles. The van der Waals surface area contributed by atoms with Crippen LogP contribution in [0.2, 0.25) is 0 Å². The van der Waals surface area contributed by atoms with Gasteiger partial charge in [0, 0.05) is 47.8 Å². The van der Waals surface area contributed by atoms with E-state index in [2.05, 4.69) is 115 Å². The number of amidine groups is 2. The Morgan fingerprint density at radius 1 is 0.750 bits per heavy atom. The molecule has 6 aromatic carbocycles. The molecule has 3 N–H and O–H groups in total. The second-order valence-electron chi connectivity index (χ2n) is 11.9. The van der Waals surface area contributed by atoms with Crippen molar-refractivity contribution in [1.29, 1.82) is 0 Å². The van der Waals surface area contributed by atoms with Crippen LogP contribution >= 0.6 is 11.3 Å². The van der Waals surface area contributed by atoms with Crippen molar-refractivity contribution < 1.29 is 4.42 Å². The van der Waals surface area contributed by atoms with Gasteiger partial charge in [0.2, 0.25) is 0 Å². The van der Waals surface area contributed by atoms with E-state index in [0.717, 1.165) is 49.7 Å². The van der Waals surface area contributed by atoms with Gasteiger partial charge in [0.05, 0.1) is 5.56 Å². The van der Waals surface area contributed by atoms with Crippen molar-refractivity contribution in [3.63, 3.8) is 0 Å². The molecule has 1 atom stereocenters. The Bertz CT molecular complexity index is 2630. The largest absolute Gasteiger partial charge is 0.440 e. The molecular formula is C42H30N4OS. The van der Waals surface area contributed by atoms with E-state index >= 15 is 0 Å². The minimum Gasteiger partial charge on any atom is -0.440 e. The number of benzene rings is 6. The Morgan fingerprint density at radius 2 is 1.48 bits per heavy atom. The summed E-state index contributed by atoms with van der Waals surface area (Å²) in [7, 11) is 0. The number of nitrogens with two attached hydrogens (primary N) is 1. The van der Waals surface area contributed by atoms with E-state index in [9.17, 15) is 0 Å². The number of fused-ring (bicyclic) bond motifs is 5. The predicted molar refractivity (Wildman–Crippen MR) is 203 cm³/mol. The first-order valence-corrected chi connectivity index (χ1v) is 16.8. The number of anilines is 1. The molecule has 1 unspecified atom stereocenters. The Hall–Kier alpha value is -5.98. The number of nitrogens with zero attached hydrogens (tertiary/aromatic N) is 2. The van der Waals surface area contributed by atoms with Crippen LogP contribution in [0.3, 0.4) is 0 Å². The summed E-state index contributed by atoms with van der Waals surface area (Å²) < 4.78 is 8.98. The topological polar surface area (TPSA) is 75.9 Å². The van der Waals surface area contributed by atoms with Crippen molar-refractivity contribution in [1.82, 2.24) is 5.32 Å². The molecule has 8 aromatic rings. The molecule has 5 nitrogen and oxygen atoms in total. The monoisotopic (exact) mass is 638 g/mol. The maximum Gasteiger partial charge on any atom is 0.199 e. The number of hydrogen-bond acceptors (Lipinski definition) is 6. The summed E-state index contributed by atoms with van der Waals surface area (Å²) in [5.41, 5.74) is 13.4. The van der Waals surface area contributed by atoms with Gasteiger partial charge < -0.3 is 15.5 Å². The van der Waals surface area contributed by atoms with Crippen LogP contribution in [0.25, 0.3) is 58.6 Å². The van der Waals surface area contributed by atoms with Crippen LogP contribution in [0.5, 0.6) is 0 Å². The lowest BCUT2D eigenvalue weighted by molar-refractivity contribution is 0.637. The molecule has 1 aliphatic heterocycles. The Morgan fingerprint density at radius 3 is 2.33 bits per heavy atom. The minimum atomic E-state index is -0.354. The molecule has 0 amide bonds. The fraction of sp³-hybridized carbons (Fsp3) is 0.0476. The van der Waals surface area contributed by atoms with Gasteiger partial charge in [0.1, 0.15) is 17.6 Å². The molecule has 9 rings (SSSR count). The molecule has 230 valence electrons. The van der Waals surface area contributed by atoms with E-state index in [1.807, 2.05) is 37.3 Å². The molecule has 0 saturated carbocycles. The molecule has 0 spiro atoms. The van der Waals surface area contributed by atoms with Crippen LogP contribution in [0.4, 0.5) is 5.88 Å². The Kier molecular flexibility index (Phi) is 6.69. The van der Waals surface area contributed by atoms with E-state index < -0.39 is 0 Å². The highest BCUT2D eigenvalue weighted by Crippen LogP contribution is 2.44. The highest BCUT2D eigenvalue weighted by molar-refractivity contribution is 7.26. The van der Waals surface area contributed by atoms with Crippen molar-refractivity contribution in [3.8, 4) is 11.1 Å². The molecule has 48 heavy (non-hydrogen) atoms. The maximum absolute atomic E-state index is 6.79. The third-order valence-corrected chi connectivity index (χ3v) is 10.3. The van der Waals surface area contributed by atoms with Crippen LogP contribution in [-0.2, 0) is 0 Å². The lowest BCUT2D eigenvalue weighted by Crippen LogP contribution is -2.33. The lowest BCUT2D eigenvalue weighted by Gasteiger charge is -2.25. The second kappa shape index (κ2) is 11.4. The van der Waals surface area contributed by atoms with Gasteiger partial charge in [-0.1, -0.05) is 127 Å². The number of thiophene rings is 1. The van der Waals surface area contributed by atoms with Crippen LogP contribution in [0.1, 0.15) is 29.8 Å². The van der Waals surface area contributed by atoms with Crippen LogP contribution in [0.15, 0.2) is 154 Å². The van der Waals surface area contributed by atoms with Crippen molar-refractivity contribution in [2.45, 2.75) is 13.1 Å². The van der Waals surface area contributed by atoms with Crippen LogP contribution in [-0.4, -0.2) is 11.7 Å². The summed E-state index contributed by atoms with van der Waals surface area (Å²) >= 11 is 1.81. The molecule has 0 bridgehead atoms. The van der Waals surface area contributed by atoms with E-state index in [1.54, 1.807) is 11.3 Å². The number of furan rings is 1. The van der Waals surface area contributed by atoms with Crippen LogP contribution < -0.4 is 11.1 Å². The second-order valence-corrected chi connectivity index (χ2v) is 13.0. The normalized spacial score (nSPS) is 15.2. The molecule has 0 aliphatic carbocycles. The summed E-state index contributed by atoms with van der Waals surface area (Å²) in [6.45, 7) is 2.01. The Balaban J connectivity index is 1.18. The van der Waals surface area contributed by atoms with Gasteiger partial charge in [0.25, 0.3) is 0 Å². The van der Waals surface area contributed by atoms with Gasteiger partial charge in [-0.3, -0.25) is 0 Å². The van der Waals surface area contributed by atoms with Crippen molar-refractivity contribution in [3.05, 3.63) is 156 Å². The molecule has 1 aliphatic rings. The van der Waals surface area contributed by atoms with Gasteiger partial charge >= 0.3 is 0 Å². The number of nitrogens with one attached hydrogen (secondary N) is 1. The number of allylic oxidation sites excluding steroid dienone is 1. The van der Waals surface area contributed by atoms with E-state index in [-0.39, 0.29) is 6.17 Å². The number of nitrogen functional groups attached to an aromatic ring is 1. The molecule has 0 fully saturated rings. The summed E-state index contributed by atoms with van der Waals surface area (Å²) in [6.07, 6.45) is 1.70. The summed E-state index contributed by atoms with van der Waals surface area (Å²) in [5, 5.41) is 9.44. The smallest absolute Gasteiger partial charge is 0.199 e. The average molecular weight is 639 g/mol. The van der Waals surface area contributed by atoms with Gasteiger partial charge in [-0.25, -0.2) is 9.98 Å². The van der Waals surface area contributed by atoms with E-state index in [1.165, 1.54) is 25.6 Å². The predicted octanol–water partition coefficient (Wildman–Crippen LogP) is 10.8. The SMILES string of the molecule is C/C=C(/C1=NC(c2ccccc2)=NC(c2ccc3ccccc3c2)N1)c1c(N)oc2c(-c3cccc4c3sc3ccccc34)cccc12. The highest BCUT2D eigenvalue weighted by atomic mass is 32.1. The van der Waals surface area contributed by atoms with Crippen molar-refractivity contribution in [2.75, 3.05) is 5.73 Å². The zero-order valence-electron chi connectivity index (χ0n) is 26.1. The van der Waals surface area contributed by atoms with Gasteiger partial charge in [-0.15, -0.1) is 11.3 Å². The molecule has 6 heteroatoms. The first-order valence-electron chi connectivity index (χ1n) is 16.0. The fourth-order valence-electron chi connectivity index (χ4n) is 6.84. The standard InChI is InChI=1S/C42H30N4OS/c1-2-29(42-45-40(26-13-4-3-5-14-26)44-41(46-42)28-23-22-25-12-6-7-15-27(25)24-28)36-34-20-10-17-31(37(34)47-39(36)43)33-19-11-18-32-30-16-8-9-21-35(30)48-38(32)33/h2-24,41H,43H2,1H3,(H,44,45,46)/b29-2+. The minimum absolute atomic E-state index is 0.351. The maximum atomic E-state index is 6.79. The number of aliphatic imine (C=N–C) groups is 2. The average Bonchev–Trinajstić information content (AvgIpc) is 3.69. The highest BCUT2D eigenvalue weighted by Gasteiger charge is 2.27. The van der Waals surface area contributed by atoms with E-state index in [4.69, 9.17) is 20.1 Å². The summed E-state index contributed by atoms with van der Waals surface area (Å²) in [4.78, 5) is 10.2. The number of rotatable bonds is 5. The summed E-state index contributed by atoms with van der Waals surface area (Å²) in [5.74, 6) is 1.70. The number of para-hydroxylation sites is 1. The molecule has 0 saturated heterocycles. The van der Waals surface area contributed by atoms with E-state index in [0.29, 0.717) is 17.6 Å². The number of hydrogen-bond donors (Lipinski definition) is 2. The van der Waals surface area contributed by atoms with Gasteiger partial charge in [-0.2, -0.15) is 0 Å². The molecule has 2 aromatic heterocycles. The summed E-state index contributed by atoms with van der Waals surface area (Å²) in [6, 6.07) is 46.3. The van der Waals surface area contributed by atoms with Gasteiger partial charge in [-0.05, 0) is 35.4 Å². The molecule has 0 radical (unpaired) electrons. The third kappa shape index (κ3) is 4.61.